The minimum absolute atomic E-state index is 0.0282. The Kier molecular flexibility index (Phi) is 5.57. The average molecular weight is 274 g/mol. The van der Waals surface area contributed by atoms with E-state index in [0.717, 1.165) is 6.54 Å². The van der Waals surface area contributed by atoms with E-state index in [9.17, 15) is 4.39 Å². The first-order valence-corrected chi connectivity index (χ1v) is 6.51. The van der Waals surface area contributed by atoms with E-state index in [4.69, 9.17) is 16.3 Å². The predicted molar refractivity (Wildman–Crippen MR) is 73.7 cm³/mol. The Morgan fingerprint density at radius 2 is 2.11 bits per heavy atom. The van der Waals surface area contributed by atoms with Gasteiger partial charge in [-0.05, 0) is 38.4 Å². The molecule has 0 saturated heterocycles. The summed E-state index contributed by atoms with van der Waals surface area (Å²) in [6.07, 6.45) is 0.543. The summed E-state index contributed by atoms with van der Waals surface area (Å²) in [4.78, 5) is 0. The van der Waals surface area contributed by atoms with Crippen molar-refractivity contribution in [3.8, 4) is 0 Å². The van der Waals surface area contributed by atoms with E-state index in [1.54, 1.807) is 25.3 Å². The molecule has 18 heavy (non-hydrogen) atoms. The Hall–Kier alpha value is -0.640. The van der Waals surface area contributed by atoms with Crippen LogP contribution in [0.15, 0.2) is 18.2 Å². The van der Waals surface area contributed by atoms with Gasteiger partial charge in [-0.3, -0.25) is 0 Å². The highest BCUT2D eigenvalue weighted by Gasteiger charge is 2.29. The highest BCUT2D eigenvalue weighted by Crippen LogP contribution is 2.23. The maximum Gasteiger partial charge on any atom is 0.145 e. The van der Waals surface area contributed by atoms with Gasteiger partial charge in [-0.15, -0.1) is 0 Å². The van der Waals surface area contributed by atoms with Crippen molar-refractivity contribution in [2.75, 3.05) is 13.7 Å². The van der Waals surface area contributed by atoms with E-state index >= 15 is 0 Å². The molecule has 1 aromatic carbocycles. The van der Waals surface area contributed by atoms with Crippen LogP contribution in [0.2, 0.25) is 5.02 Å². The molecule has 1 atom stereocenters. The second-order valence-electron chi connectivity index (χ2n) is 4.83. The van der Waals surface area contributed by atoms with Gasteiger partial charge in [0.05, 0.1) is 10.6 Å². The third-order valence-electron chi connectivity index (χ3n) is 3.27. The summed E-state index contributed by atoms with van der Waals surface area (Å²) in [6.45, 7) is 6.80. The molecule has 0 radical (unpaired) electrons. The highest BCUT2D eigenvalue weighted by molar-refractivity contribution is 6.30. The van der Waals surface area contributed by atoms with Gasteiger partial charge >= 0.3 is 0 Å². The number of halogens is 2. The summed E-state index contributed by atoms with van der Waals surface area (Å²) in [5, 5.41) is 3.50. The first-order chi connectivity index (χ1) is 8.42. The number of nitrogens with one attached hydrogen (secondary N) is 1. The zero-order valence-electron chi connectivity index (χ0n) is 11.4. The lowest BCUT2D eigenvalue weighted by atomic mass is 9.92. The van der Waals surface area contributed by atoms with Crippen LogP contribution in [0.5, 0.6) is 0 Å². The Bertz CT molecular complexity index is 395. The van der Waals surface area contributed by atoms with Crippen molar-refractivity contribution in [2.24, 2.45) is 0 Å². The molecule has 0 spiro atoms. The summed E-state index contributed by atoms with van der Waals surface area (Å²) in [6, 6.07) is 5.12. The fraction of sp³-hybridized carbons (Fsp3) is 0.571. The monoisotopic (exact) mass is 273 g/mol. The van der Waals surface area contributed by atoms with Gasteiger partial charge in [0.2, 0.25) is 0 Å². The first kappa shape index (κ1) is 15.4. The number of ether oxygens (including phenoxy) is 1. The Labute approximate surface area is 113 Å². The van der Waals surface area contributed by atoms with Crippen molar-refractivity contribution in [2.45, 2.75) is 38.8 Å². The zero-order valence-corrected chi connectivity index (χ0v) is 12.1. The van der Waals surface area contributed by atoms with E-state index in [2.05, 4.69) is 5.32 Å². The number of methoxy groups -OCH3 is 1. The minimum atomic E-state index is -0.370. The van der Waals surface area contributed by atoms with Crippen LogP contribution in [0, 0.1) is 5.82 Å². The standard InChI is InChI=1S/C14H21ClFNO/c1-5-17-12(14(2,3)18-4)9-10-7-6-8-11(15)13(10)16/h6-8,12,17H,5,9H2,1-4H3. The molecule has 0 heterocycles. The maximum atomic E-state index is 13.9. The van der Waals surface area contributed by atoms with E-state index in [0.29, 0.717) is 12.0 Å². The van der Waals surface area contributed by atoms with Crippen LogP contribution in [-0.2, 0) is 11.2 Å². The number of hydrogen-bond donors (Lipinski definition) is 1. The quantitative estimate of drug-likeness (QED) is 0.857. The summed E-state index contributed by atoms with van der Waals surface area (Å²) >= 11 is 5.80. The van der Waals surface area contributed by atoms with Crippen molar-refractivity contribution in [3.63, 3.8) is 0 Å². The molecule has 0 aliphatic heterocycles. The largest absolute Gasteiger partial charge is 0.377 e. The smallest absolute Gasteiger partial charge is 0.145 e. The molecule has 0 aliphatic carbocycles. The molecular weight excluding hydrogens is 253 g/mol. The van der Waals surface area contributed by atoms with Gasteiger partial charge in [0.1, 0.15) is 5.82 Å². The van der Waals surface area contributed by atoms with Crippen molar-refractivity contribution in [1.82, 2.24) is 5.32 Å². The van der Waals surface area contributed by atoms with Gasteiger partial charge in [0.25, 0.3) is 0 Å². The van der Waals surface area contributed by atoms with Crippen LogP contribution < -0.4 is 5.32 Å². The molecule has 1 N–H and O–H groups in total. The van der Waals surface area contributed by atoms with Crippen LogP contribution in [0.25, 0.3) is 0 Å². The molecule has 1 rings (SSSR count). The molecule has 0 amide bonds. The normalized spacial score (nSPS) is 13.7. The van der Waals surface area contributed by atoms with Gasteiger partial charge in [-0.1, -0.05) is 30.7 Å². The van der Waals surface area contributed by atoms with Gasteiger partial charge in [-0.2, -0.15) is 0 Å². The molecule has 0 fully saturated rings. The summed E-state index contributed by atoms with van der Waals surface area (Å²) in [5.41, 5.74) is 0.240. The molecule has 0 bridgehead atoms. The van der Waals surface area contributed by atoms with Crippen LogP contribution in [0.3, 0.4) is 0 Å². The Morgan fingerprint density at radius 3 is 2.67 bits per heavy atom. The maximum absolute atomic E-state index is 13.9. The van der Waals surface area contributed by atoms with Crippen molar-refractivity contribution >= 4 is 11.6 Å². The third-order valence-corrected chi connectivity index (χ3v) is 3.56. The fourth-order valence-electron chi connectivity index (χ4n) is 1.88. The lowest BCUT2D eigenvalue weighted by Gasteiger charge is -2.34. The van der Waals surface area contributed by atoms with Crippen molar-refractivity contribution < 1.29 is 9.13 Å². The number of likely N-dealkylation sites (N-methyl/N-ethyl adjacent to an activating group) is 1. The molecule has 4 heteroatoms. The summed E-state index contributed by atoms with van der Waals surface area (Å²) in [5.74, 6) is -0.339. The molecule has 0 aliphatic rings. The summed E-state index contributed by atoms with van der Waals surface area (Å²) in [7, 11) is 1.67. The van der Waals surface area contributed by atoms with Crippen LogP contribution in [0.4, 0.5) is 4.39 Å². The SMILES string of the molecule is CCNC(Cc1cccc(Cl)c1F)C(C)(C)OC. The zero-order chi connectivity index (χ0) is 13.8. The van der Waals surface area contributed by atoms with E-state index in [1.165, 1.54) is 0 Å². The number of benzene rings is 1. The van der Waals surface area contributed by atoms with Gasteiger partial charge < -0.3 is 10.1 Å². The molecule has 1 unspecified atom stereocenters. The number of hydrogen-bond acceptors (Lipinski definition) is 2. The van der Waals surface area contributed by atoms with Crippen molar-refractivity contribution in [3.05, 3.63) is 34.6 Å². The predicted octanol–water partition coefficient (Wildman–Crippen LogP) is 3.42. The molecular formula is C14H21ClFNO. The van der Waals surface area contributed by atoms with E-state index < -0.39 is 0 Å². The lowest BCUT2D eigenvalue weighted by Crippen LogP contribution is -2.49. The Morgan fingerprint density at radius 1 is 1.44 bits per heavy atom. The molecule has 0 saturated carbocycles. The summed E-state index contributed by atoms with van der Waals surface area (Å²) < 4.78 is 19.4. The third kappa shape index (κ3) is 3.67. The van der Waals surface area contributed by atoms with Crippen molar-refractivity contribution in [1.29, 1.82) is 0 Å². The Balaban J connectivity index is 2.93. The molecule has 2 nitrogen and oxygen atoms in total. The van der Waals surface area contributed by atoms with Gasteiger partial charge in [0.15, 0.2) is 0 Å². The average Bonchev–Trinajstić information content (AvgIpc) is 2.34. The number of rotatable bonds is 6. The van der Waals surface area contributed by atoms with Crippen LogP contribution in [0.1, 0.15) is 26.3 Å². The molecule has 0 aromatic heterocycles. The first-order valence-electron chi connectivity index (χ1n) is 6.13. The van der Waals surface area contributed by atoms with E-state index in [1.807, 2.05) is 20.8 Å². The fourth-order valence-corrected chi connectivity index (χ4v) is 2.07. The van der Waals surface area contributed by atoms with Crippen LogP contribution in [-0.4, -0.2) is 25.3 Å². The molecule has 102 valence electrons. The van der Waals surface area contributed by atoms with Crippen LogP contribution >= 0.6 is 11.6 Å². The topological polar surface area (TPSA) is 21.3 Å². The van der Waals surface area contributed by atoms with Gasteiger partial charge in [-0.25, -0.2) is 4.39 Å². The van der Waals surface area contributed by atoms with Gasteiger partial charge in [0, 0.05) is 13.2 Å². The lowest BCUT2D eigenvalue weighted by molar-refractivity contribution is -0.00978. The minimum Gasteiger partial charge on any atom is -0.377 e. The molecule has 1 aromatic rings. The van der Waals surface area contributed by atoms with E-state index in [-0.39, 0.29) is 22.5 Å². The highest BCUT2D eigenvalue weighted by atomic mass is 35.5. The second-order valence-corrected chi connectivity index (χ2v) is 5.24. The second kappa shape index (κ2) is 6.50.